The van der Waals surface area contributed by atoms with Crippen LogP contribution in [-0.4, -0.2) is 24.4 Å². The molecule has 2 rings (SSSR count). The van der Waals surface area contributed by atoms with Crippen molar-refractivity contribution in [2.45, 2.75) is 32.5 Å². The molecule has 2 N–H and O–H groups in total. The molecule has 0 unspecified atom stereocenters. The van der Waals surface area contributed by atoms with Gasteiger partial charge in [-0.1, -0.05) is 30.3 Å². The van der Waals surface area contributed by atoms with E-state index in [-0.39, 0.29) is 24.6 Å². The second kappa shape index (κ2) is 10.0. The maximum Gasteiger partial charge on any atom is 0.175 e. The van der Waals surface area contributed by atoms with Gasteiger partial charge in [-0.2, -0.15) is 0 Å². The minimum atomic E-state index is -0.331. The normalized spacial score (nSPS) is 10.9. The van der Waals surface area contributed by atoms with Gasteiger partial charge in [0.05, 0.1) is 18.2 Å². The Bertz CT molecular complexity index is 665. The molecule has 0 amide bonds. The van der Waals surface area contributed by atoms with E-state index in [2.05, 4.69) is 21.2 Å². The lowest BCUT2D eigenvalue weighted by Crippen LogP contribution is -2.42. The van der Waals surface area contributed by atoms with Gasteiger partial charge in [-0.3, -0.25) is 0 Å². The molecule has 0 aliphatic heterocycles. The van der Waals surface area contributed by atoms with E-state index < -0.39 is 0 Å². The average Bonchev–Trinajstić information content (AvgIpc) is 2.59. The van der Waals surface area contributed by atoms with Crippen molar-refractivity contribution in [2.75, 3.05) is 13.7 Å². The van der Waals surface area contributed by atoms with Crippen LogP contribution in [0.25, 0.3) is 0 Å². The van der Waals surface area contributed by atoms with Gasteiger partial charge in [0.25, 0.3) is 0 Å². The molecule has 2 aromatic rings. The van der Waals surface area contributed by atoms with Gasteiger partial charge in [-0.25, -0.2) is 0 Å². The van der Waals surface area contributed by atoms with Crippen molar-refractivity contribution in [1.29, 1.82) is 0 Å². The molecule has 138 valence electrons. The molecule has 0 aliphatic carbocycles. The third kappa shape index (κ3) is 6.51. The molecule has 0 heterocycles. The lowest BCUT2D eigenvalue weighted by Gasteiger charge is -2.24. The number of methoxy groups -OCH3 is 1. The first-order valence-corrected chi connectivity index (χ1v) is 8.63. The maximum absolute atomic E-state index is 9.33. The van der Waals surface area contributed by atoms with Crippen molar-refractivity contribution in [3.63, 3.8) is 0 Å². The van der Waals surface area contributed by atoms with E-state index >= 15 is 0 Å². The smallest absolute Gasteiger partial charge is 0.175 e. The molecule has 0 saturated heterocycles. The number of hydrogen-bond acceptors (Lipinski definition) is 4. The summed E-state index contributed by atoms with van der Waals surface area (Å²) < 4.78 is 12.3. The molecule has 0 saturated carbocycles. The van der Waals surface area contributed by atoms with Crippen LogP contribution in [0, 0.1) is 0 Å². The first kappa shape index (κ1) is 21.8. The van der Waals surface area contributed by atoms with Crippen LogP contribution in [0.5, 0.6) is 11.5 Å². The Morgan fingerprint density at radius 3 is 2.40 bits per heavy atom. The number of halogens is 2. The molecule has 6 heteroatoms. The second-order valence-corrected chi connectivity index (χ2v) is 7.13. The highest BCUT2D eigenvalue weighted by Gasteiger charge is 2.17. The summed E-state index contributed by atoms with van der Waals surface area (Å²) in [7, 11) is 1.63. The van der Waals surface area contributed by atoms with Crippen LogP contribution in [0.1, 0.15) is 25.0 Å². The largest absolute Gasteiger partial charge is 0.493 e. The van der Waals surface area contributed by atoms with E-state index in [1.165, 1.54) is 0 Å². The molecule has 0 radical (unpaired) electrons. The Hall–Kier alpha value is -1.27. The van der Waals surface area contributed by atoms with Crippen molar-refractivity contribution in [2.24, 2.45) is 0 Å². The molecule has 0 aliphatic rings. The summed E-state index contributed by atoms with van der Waals surface area (Å²) >= 11 is 3.57. The molecular formula is C19H25BrClNO3. The Morgan fingerprint density at radius 1 is 1.12 bits per heavy atom. The number of aliphatic hydroxyl groups is 1. The Labute approximate surface area is 164 Å². The summed E-state index contributed by atoms with van der Waals surface area (Å²) in [5, 5.41) is 12.6. The van der Waals surface area contributed by atoms with Crippen LogP contribution in [0.3, 0.4) is 0 Å². The van der Waals surface area contributed by atoms with Gasteiger partial charge in [0.2, 0.25) is 0 Å². The minimum Gasteiger partial charge on any atom is -0.493 e. The van der Waals surface area contributed by atoms with Gasteiger partial charge < -0.3 is 19.9 Å². The topological polar surface area (TPSA) is 50.7 Å². The summed E-state index contributed by atoms with van der Waals surface area (Å²) in [5.74, 6) is 1.37. The zero-order chi connectivity index (χ0) is 17.6. The molecule has 0 aromatic heterocycles. The fourth-order valence-corrected chi connectivity index (χ4v) is 2.75. The van der Waals surface area contributed by atoms with Gasteiger partial charge in [0.15, 0.2) is 11.5 Å². The van der Waals surface area contributed by atoms with Crippen LogP contribution in [0.2, 0.25) is 0 Å². The highest BCUT2D eigenvalue weighted by molar-refractivity contribution is 9.10. The quantitative estimate of drug-likeness (QED) is 0.655. The molecule has 25 heavy (non-hydrogen) atoms. The van der Waals surface area contributed by atoms with E-state index in [0.717, 1.165) is 15.6 Å². The Kier molecular flexibility index (Phi) is 8.73. The van der Waals surface area contributed by atoms with E-state index in [4.69, 9.17) is 9.47 Å². The monoisotopic (exact) mass is 429 g/mol. The third-order valence-electron chi connectivity index (χ3n) is 3.68. The SMILES string of the molecule is COc1cc(CNC(C)(C)CO)cc(Br)c1OCc1ccccc1.Cl. The van der Waals surface area contributed by atoms with Gasteiger partial charge >= 0.3 is 0 Å². The summed E-state index contributed by atoms with van der Waals surface area (Å²) in [4.78, 5) is 0. The number of ether oxygens (including phenoxy) is 2. The van der Waals surface area contributed by atoms with Gasteiger partial charge in [-0.15, -0.1) is 12.4 Å². The van der Waals surface area contributed by atoms with Gasteiger partial charge in [-0.05, 0) is 53.0 Å². The molecule has 0 spiro atoms. The average molecular weight is 431 g/mol. The number of aliphatic hydroxyl groups excluding tert-OH is 1. The van der Waals surface area contributed by atoms with E-state index in [9.17, 15) is 5.11 Å². The summed E-state index contributed by atoms with van der Waals surface area (Å²) in [6.45, 7) is 5.09. The van der Waals surface area contributed by atoms with Crippen LogP contribution in [-0.2, 0) is 13.2 Å². The highest BCUT2D eigenvalue weighted by Crippen LogP contribution is 2.37. The number of nitrogens with one attached hydrogen (secondary N) is 1. The van der Waals surface area contributed by atoms with Crippen LogP contribution in [0.15, 0.2) is 46.9 Å². The van der Waals surface area contributed by atoms with E-state index in [1.54, 1.807) is 7.11 Å². The van der Waals surface area contributed by atoms with Gasteiger partial charge in [0, 0.05) is 12.1 Å². The minimum absolute atomic E-state index is 0. The Balaban J connectivity index is 0.00000312. The fourth-order valence-electron chi connectivity index (χ4n) is 2.14. The lowest BCUT2D eigenvalue weighted by molar-refractivity contribution is 0.187. The highest BCUT2D eigenvalue weighted by atomic mass is 79.9. The zero-order valence-corrected chi connectivity index (χ0v) is 17.1. The van der Waals surface area contributed by atoms with Crippen molar-refractivity contribution in [3.8, 4) is 11.5 Å². The van der Waals surface area contributed by atoms with Crippen LogP contribution in [0.4, 0.5) is 0 Å². The second-order valence-electron chi connectivity index (χ2n) is 6.28. The zero-order valence-electron chi connectivity index (χ0n) is 14.7. The standard InChI is InChI=1S/C19H24BrNO3.ClH/c1-19(2,13-22)21-11-15-9-16(20)18(17(10-15)23-3)24-12-14-7-5-4-6-8-14;/h4-10,21-22H,11-13H2,1-3H3;1H. The molecular weight excluding hydrogens is 406 g/mol. The number of benzene rings is 2. The fraction of sp³-hybridized carbons (Fsp3) is 0.368. The molecule has 4 nitrogen and oxygen atoms in total. The number of hydrogen-bond donors (Lipinski definition) is 2. The molecule has 0 fully saturated rings. The van der Waals surface area contributed by atoms with E-state index in [1.807, 2.05) is 56.3 Å². The molecule has 2 aromatic carbocycles. The van der Waals surface area contributed by atoms with Crippen molar-refractivity contribution >= 4 is 28.3 Å². The van der Waals surface area contributed by atoms with Gasteiger partial charge in [0.1, 0.15) is 6.61 Å². The number of rotatable bonds is 8. The first-order chi connectivity index (χ1) is 11.4. The summed E-state index contributed by atoms with van der Waals surface area (Å²) in [6.07, 6.45) is 0. The predicted molar refractivity (Wildman–Crippen MR) is 107 cm³/mol. The molecule has 0 bridgehead atoms. The lowest BCUT2D eigenvalue weighted by atomic mass is 10.1. The maximum atomic E-state index is 9.33. The van der Waals surface area contributed by atoms with Crippen LogP contribution >= 0.6 is 28.3 Å². The predicted octanol–water partition coefficient (Wildman–Crippen LogP) is 4.32. The van der Waals surface area contributed by atoms with Crippen LogP contribution < -0.4 is 14.8 Å². The molecule has 0 atom stereocenters. The van der Waals surface area contributed by atoms with Crippen molar-refractivity contribution < 1.29 is 14.6 Å². The summed E-state index contributed by atoms with van der Waals surface area (Å²) in [6, 6.07) is 14.0. The first-order valence-electron chi connectivity index (χ1n) is 7.84. The van der Waals surface area contributed by atoms with Crippen molar-refractivity contribution in [1.82, 2.24) is 5.32 Å². The Morgan fingerprint density at radius 2 is 1.80 bits per heavy atom. The summed E-state index contributed by atoms with van der Waals surface area (Å²) in [5.41, 5.74) is 1.82. The third-order valence-corrected chi connectivity index (χ3v) is 4.27. The van der Waals surface area contributed by atoms with Crippen molar-refractivity contribution in [3.05, 3.63) is 58.1 Å². The van der Waals surface area contributed by atoms with E-state index in [0.29, 0.717) is 24.7 Å².